The van der Waals surface area contributed by atoms with Gasteiger partial charge in [-0.3, -0.25) is 4.79 Å². The predicted molar refractivity (Wildman–Crippen MR) is 110 cm³/mol. The minimum atomic E-state index is -0.672. The number of carboxylic acid groups (broad SMARTS) is 1. The van der Waals surface area contributed by atoms with Crippen molar-refractivity contribution in [3.8, 4) is 0 Å². The van der Waals surface area contributed by atoms with Gasteiger partial charge in [-0.05, 0) is 74.3 Å². The van der Waals surface area contributed by atoms with E-state index in [1.54, 1.807) is 0 Å². The molecule has 142 valence electrons. The van der Waals surface area contributed by atoms with Gasteiger partial charge in [-0.2, -0.15) is 0 Å². The van der Waals surface area contributed by atoms with Crippen molar-refractivity contribution in [1.29, 1.82) is 0 Å². The summed E-state index contributed by atoms with van der Waals surface area (Å²) in [5.41, 5.74) is 1.69. The lowest BCUT2D eigenvalue weighted by Gasteiger charge is -2.26. The van der Waals surface area contributed by atoms with Crippen molar-refractivity contribution in [1.82, 2.24) is 0 Å². The van der Waals surface area contributed by atoms with Crippen LogP contribution in [0.1, 0.15) is 76.2 Å². The molecule has 2 nitrogen and oxygen atoms in total. The third-order valence-corrected chi connectivity index (χ3v) is 7.42. The van der Waals surface area contributed by atoms with Crippen molar-refractivity contribution in [2.45, 2.75) is 70.6 Å². The standard InChI is InChI=1S/C23H31BrO2/c1-2-7-20(22(25)26)18(19-9-3-4-10-21(19)24)8-5-6-13-23-14-11-17(16-23)12-15-23/h3-6,9-10,17-18,20H,2,7-8,11-16H2,1H3,(H,25,26). The van der Waals surface area contributed by atoms with Gasteiger partial charge in [-0.25, -0.2) is 0 Å². The van der Waals surface area contributed by atoms with Gasteiger partial charge < -0.3 is 5.11 Å². The summed E-state index contributed by atoms with van der Waals surface area (Å²) in [6.45, 7) is 2.07. The summed E-state index contributed by atoms with van der Waals surface area (Å²) in [6, 6.07) is 8.10. The fourth-order valence-electron chi connectivity index (χ4n) is 5.27. The topological polar surface area (TPSA) is 37.3 Å². The lowest BCUT2D eigenvalue weighted by Crippen LogP contribution is -2.22. The number of carboxylic acids is 1. The smallest absolute Gasteiger partial charge is 0.307 e. The van der Waals surface area contributed by atoms with Crippen molar-refractivity contribution < 1.29 is 9.90 Å². The van der Waals surface area contributed by atoms with Crippen LogP contribution in [-0.2, 0) is 4.79 Å². The van der Waals surface area contributed by atoms with E-state index >= 15 is 0 Å². The van der Waals surface area contributed by atoms with Gasteiger partial charge in [0, 0.05) is 10.4 Å². The number of aliphatic carboxylic acids is 1. The predicted octanol–water partition coefficient (Wildman–Crippen LogP) is 6.95. The van der Waals surface area contributed by atoms with E-state index in [4.69, 9.17) is 0 Å². The van der Waals surface area contributed by atoms with Gasteiger partial charge in [0.2, 0.25) is 0 Å². The van der Waals surface area contributed by atoms with Crippen molar-refractivity contribution in [3.63, 3.8) is 0 Å². The van der Waals surface area contributed by atoms with Gasteiger partial charge in [0.25, 0.3) is 0 Å². The van der Waals surface area contributed by atoms with Crippen LogP contribution in [0.15, 0.2) is 40.9 Å². The zero-order valence-electron chi connectivity index (χ0n) is 15.8. The van der Waals surface area contributed by atoms with Gasteiger partial charge in [-0.1, -0.05) is 59.6 Å². The van der Waals surface area contributed by atoms with Crippen LogP contribution >= 0.6 is 15.9 Å². The van der Waals surface area contributed by atoms with Crippen LogP contribution in [0.5, 0.6) is 0 Å². The van der Waals surface area contributed by atoms with Crippen molar-refractivity contribution in [2.24, 2.45) is 17.3 Å². The highest BCUT2D eigenvalue weighted by Crippen LogP contribution is 2.56. The van der Waals surface area contributed by atoms with E-state index in [1.165, 1.54) is 38.5 Å². The first-order valence-corrected chi connectivity index (χ1v) is 11.0. The molecule has 2 bridgehead atoms. The van der Waals surface area contributed by atoms with E-state index in [1.807, 2.05) is 18.2 Å². The van der Waals surface area contributed by atoms with Crippen molar-refractivity contribution >= 4 is 21.9 Å². The van der Waals surface area contributed by atoms with Gasteiger partial charge in [0.15, 0.2) is 0 Å². The first-order chi connectivity index (χ1) is 12.5. The van der Waals surface area contributed by atoms with Gasteiger partial charge >= 0.3 is 5.97 Å². The molecule has 0 aromatic heterocycles. The molecule has 0 spiro atoms. The Balaban J connectivity index is 1.72. The quantitative estimate of drug-likeness (QED) is 0.440. The highest BCUT2D eigenvalue weighted by atomic mass is 79.9. The third kappa shape index (κ3) is 4.42. The normalized spacial score (nSPS) is 27.1. The Hall–Kier alpha value is -1.09. The molecule has 1 aromatic carbocycles. The Labute approximate surface area is 166 Å². The molecule has 1 N–H and O–H groups in total. The minimum Gasteiger partial charge on any atom is -0.481 e. The van der Waals surface area contributed by atoms with E-state index in [0.717, 1.165) is 35.2 Å². The molecule has 2 atom stereocenters. The largest absolute Gasteiger partial charge is 0.481 e. The molecule has 2 aliphatic rings. The van der Waals surface area contributed by atoms with Gasteiger partial charge in [-0.15, -0.1) is 0 Å². The SMILES string of the molecule is CCCC(C(=O)O)C(CC=CCC12CCC(CC1)C2)c1ccccc1Br. The lowest BCUT2D eigenvalue weighted by molar-refractivity contribution is -0.142. The highest BCUT2D eigenvalue weighted by molar-refractivity contribution is 9.10. The van der Waals surface area contributed by atoms with E-state index in [-0.39, 0.29) is 11.8 Å². The monoisotopic (exact) mass is 418 g/mol. The first-order valence-electron chi connectivity index (χ1n) is 10.2. The summed E-state index contributed by atoms with van der Waals surface area (Å²) >= 11 is 3.64. The van der Waals surface area contributed by atoms with E-state index in [2.05, 4.69) is 41.1 Å². The molecule has 0 amide bonds. The molecule has 0 saturated heterocycles. The summed E-state index contributed by atoms with van der Waals surface area (Å²) in [4.78, 5) is 11.9. The van der Waals surface area contributed by atoms with Crippen LogP contribution in [-0.4, -0.2) is 11.1 Å². The molecule has 0 heterocycles. The Morgan fingerprint density at radius 2 is 2.04 bits per heavy atom. The highest BCUT2D eigenvalue weighted by Gasteiger charge is 2.43. The zero-order valence-corrected chi connectivity index (χ0v) is 17.4. The number of hydrogen-bond donors (Lipinski definition) is 1. The summed E-state index contributed by atoms with van der Waals surface area (Å²) in [5.74, 6) is 0.00641. The Bertz CT molecular complexity index is 643. The molecule has 3 rings (SSSR count). The van der Waals surface area contributed by atoms with Crippen molar-refractivity contribution in [3.05, 3.63) is 46.5 Å². The fourth-order valence-corrected chi connectivity index (χ4v) is 5.84. The number of carbonyl (C=O) groups is 1. The third-order valence-electron chi connectivity index (χ3n) is 6.70. The molecule has 2 fully saturated rings. The minimum absolute atomic E-state index is 0.0247. The van der Waals surface area contributed by atoms with Gasteiger partial charge in [0.1, 0.15) is 0 Å². The van der Waals surface area contributed by atoms with Crippen LogP contribution in [0, 0.1) is 17.3 Å². The maximum atomic E-state index is 11.9. The molecule has 26 heavy (non-hydrogen) atoms. The number of halogens is 1. The van der Waals surface area contributed by atoms with E-state index < -0.39 is 5.97 Å². The molecule has 3 heteroatoms. The van der Waals surface area contributed by atoms with Crippen LogP contribution in [0.4, 0.5) is 0 Å². The molecule has 2 saturated carbocycles. The van der Waals surface area contributed by atoms with Crippen molar-refractivity contribution in [2.75, 3.05) is 0 Å². The molecule has 1 aromatic rings. The Morgan fingerprint density at radius 3 is 2.62 bits per heavy atom. The summed E-state index contributed by atoms with van der Waals surface area (Å²) < 4.78 is 1.02. The molecule has 2 unspecified atom stereocenters. The van der Waals surface area contributed by atoms with Gasteiger partial charge in [0.05, 0.1) is 5.92 Å². The number of hydrogen-bond acceptors (Lipinski definition) is 1. The second-order valence-electron chi connectivity index (χ2n) is 8.42. The second kappa shape index (κ2) is 8.73. The molecule has 0 radical (unpaired) electrons. The molecular weight excluding hydrogens is 388 g/mol. The zero-order chi connectivity index (χ0) is 18.6. The molecule has 0 aliphatic heterocycles. The van der Waals surface area contributed by atoms with Crippen LogP contribution in [0.25, 0.3) is 0 Å². The average molecular weight is 419 g/mol. The number of rotatable bonds is 9. The number of fused-ring (bicyclic) bond motifs is 2. The number of allylic oxidation sites excluding steroid dienone is 2. The van der Waals surface area contributed by atoms with Crippen LogP contribution in [0.3, 0.4) is 0 Å². The summed E-state index contributed by atoms with van der Waals surface area (Å²) in [6.07, 6.45) is 15.3. The summed E-state index contributed by atoms with van der Waals surface area (Å²) in [7, 11) is 0. The van der Waals surface area contributed by atoms with E-state index in [9.17, 15) is 9.90 Å². The molecular formula is C23H31BrO2. The van der Waals surface area contributed by atoms with Crippen LogP contribution < -0.4 is 0 Å². The Morgan fingerprint density at radius 1 is 1.31 bits per heavy atom. The lowest BCUT2D eigenvalue weighted by atomic mass is 9.79. The van der Waals surface area contributed by atoms with Crippen LogP contribution in [0.2, 0.25) is 0 Å². The maximum absolute atomic E-state index is 11.9. The van der Waals surface area contributed by atoms with E-state index in [0.29, 0.717) is 5.41 Å². The fraction of sp³-hybridized carbons (Fsp3) is 0.609. The first kappa shape index (κ1) is 19.7. The summed E-state index contributed by atoms with van der Waals surface area (Å²) in [5, 5.41) is 9.80. The molecule has 2 aliphatic carbocycles. The second-order valence-corrected chi connectivity index (χ2v) is 9.27. The Kier molecular flexibility index (Phi) is 6.60. The maximum Gasteiger partial charge on any atom is 0.307 e. The average Bonchev–Trinajstić information content (AvgIpc) is 3.22. The number of benzene rings is 1.